The summed E-state index contributed by atoms with van der Waals surface area (Å²) >= 11 is 0. The summed E-state index contributed by atoms with van der Waals surface area (Å²) in [6.07, 6.45) is 0. The highest BCUT2D eigenvalue weighted by molar-refractivity contribution is 6.16. The predicted octanol–water partition coefficient (Wildman–Crippen LogP) is 5.47. The van der Waals surface area contributed by atoms with Crippen LogP contribution in [0.2, 0.25) is 0 Å². The van der Waals surface area contributed by atoms with E-state index in [2.05, 4.69) is 123 Å². The lowest BCUT2D eigenvalue weighted by molar-refractivity contribution is -0.916. The number of nitrogens with zero attached hydrogens (tertiary/aromatic N) is 2. The first-order chi connectivity index (χ1) is 18.0. The summed E-state index contributed by atoms with van der Waals surface area (Å²) in [5.41, 5.74) is 5.89. The van der Waals surface area contributed by atoms with E-state index in [4.69, 9.17) is 5.26 Å². The van der Waals surface area contributed by atoms with Crippen molar-refractivity contribution < 1.29 is 21.5 Å². The van der Waals surface area contributed by atoms with Gasteiger partial charge in [0.05, 0.1) is 25.7 Å². The average molecular weight is 558 g/mol. The molecule has 0 spiro atoms. The third kappa shape index (κ3) is 4.94. The van der Waals surface area contributed by atoms with Crippen LogP contribution >= 0.6 is 0 Å². The van der Waals surface area contributed by atoms with Crippen molar-refractivity contribution in [3.63, 3.8) is 0 Å². The van der Waals surface area contributed by atoms with E-state index in [-0.39, 0.29) is 17.0 Å². The highest BCUT2D eigenvalue weighted by Gasteiger charge is 2.21. The molecule has 0 aromatic heterocycles. The molecule has 38 heavy (non-hydrogen) atoms. The molecule has 0 saturated carbocycles. The third-order valence-electron chi connectivity index (χ3n) is 7.31. The van der Waals surface area contributed by atoms with Crippen molar-refractivity contribution in [1.82, 2.24) is 0 Å². The van der Waals surface area contributed by atoms with Gasteiger partial charge in [0.2, 0.25) is 0 Å². The van der Waals surface area contributed by atoms with Crippen molar-refractivity contribution >= 4 is 32.3 Å². The molecule has 186 valence electrons. The Kier molecular flexibility index (Phi) is 7.04. The molecule has 0 N–H and O–H groups in total. The Balaban J connectivity index is 0.00000294. The van der Waals surface area contributed by atoms with Gasteiger partial charge in [-0.2, -0.15) is 5.26 Å². The first kappa shape index (κ1) is 25.7. The molecule has 0 radical (unpaired) electrons. The van der Waals surface area contributed by atoms with Crippen molar-refractivity contribution in [2.45, 2.75) is 13.1 Å². The number of hydrogen-bond donors (Lipinski definition) is 0. The molecule has 0 unspecified atom stereocenters. The Bertz CT molecular complexity index is 1810. The Morgan fingerprint density at radius 1 is 0.605 bits per heavy atom. The second kappa shape index (κ2) is 10.4. The van der Waals surface area contributed by atoms with Crippen molar-refractivity contribution in [2.75, 3.05) is 14.1 Å². The highest BCUT2D eigenvalue weighted by atomic mass is 79.9. The van der Waals surface area contributed by atoms with E-state index < -0.39 is 0 Å². The fourth-order valence-electron chi connectivity index (χ4n) is 5.65. The molecule has 0 amide bonds. The minimum Gasteiger partial charge on any atom is -1.00 e. The van der Waals surface area contributed by atoms with Gasteiger partial charge in [0.15, 0.2) is 0 Å². The maximum absolute atomic E-state index is 9.15. The summed E-state index contributed by atoms with van der Waals surface area (Å²) in [6.45, 7) is 1.79. The average Bonchev–Trinajstić information content (AvgIpc) is 2.91. The zero-order valence-corrected chi connectivity index (χ0v) is 23.2. The standard InChI is InChI=1S/C35H29N2.BrH/c1-37(2,23-26-17-15-25(22-36)16-18-26)24-30-12-6-8-14-33(30)35-32-13-7-5-11-29(32)20-31-19-27-9-3-4-10-28(27)21-34(31)35;/h3-21H,23-24H2,1-2H3;1H/q+1;/p-1. The van der Waals surface area contributed by atoms with Gasteiger partial charge in [0, 0.05) is 11.1 Å². The van der Waals surface area contributed by atoms with Crippen LogP contribution in [0.25, 0.3) is 43.4 Å². The fraction of sp³-hybridized carbons (Fsp3) is 0.114. The number of rotatable bonds is 5. The largest absolute Gasteiger partial charge is 1.00 e. The molecule has 0 fully saturated rings. The lowest BCUT2D eigenvalue weighted by Crippen LogP contribution is -3.00. The first-order valence-electron chi connectivity index (χ1n) is 12.7. The van der Waals surface area contributed by atoms with E-state index in [1.807, 2.05) is 12.1 Å². The molecule has 0 saturated heterocycles. The monoisotopic (exact) mass is 556 g/mol. The van der Waals surface area contributed by atoms with Crippen LogP contribution in [0.3, 0.4) is 0 Å². The van der Waals surface area contributed by atoms with Gasteiger partial charge >= 0.3 is 0 Å². The number of hydrogen-bond acceptors (Lipinski definition) is 1. The van der Waals surface area contributed by atoms with Gasteiger partial charge in [-0.05, 0) is 73.8 Å². The SMILES string of the molecule is C[N+](C)(Cc1ccc(C#N)cc1)Cc1ccccc1-c1c2ccccc2cc2cc3ccccc3cc12.[Br-]. The van der Waals surface area contributed by atoms with Crippen molar-refractivity contribution in [2.24, 2.45) is 0 Å². The quantitative estimate of drug-likeness (QED) is 0.204. The molecule has 0 aliphatic rings. The zero-order valence-electron chi connectivity index (χ0n) is 21.7. The lowest BCUT2D eigenvalue weighted by Gasteiger charge is -2.31. The lowest BCUT2D eigenvalue weighted by atomic mass is 9.88. The van der Waals surface area contributed by atoms with E-state index in [9.17, 15) is 0 Å². The molecule has 0 aliphatic carbocycles. The van der Waals surface area contributed by atoms with Gasteiger partial charge in [-0.25, -0.2) is 0 Å². The van der Waals surface area contributed by atoms with Crippen molar-refractivity contribution in [3.05, 3.63) is 132 Å². The Morgan fingerprint density at radius 2 is 1.21 bits per heavy atom. The van der Waals surface area contributed by atoms with Crippen LogP contribution in [0.4, 0.5) is 0 Å². The minimum atomic E-state index is 0. The maximum atomic E-state index is 9.15. The Hall–Kier alpha value is -3.97. The van der Waals surface area contributed by atoms with Crippen LogP contribution in [0.5, 0.6) is 0 Å². The summed E-state index contributed by atoms with van der Waals surface area (Å²) in [6, 6.07) is 43.5. The second-order valence-electron chi connectivity index (χ2n) is 10.6. The molecule has 6 aromatic rings. The predicted molar refractivity (Wildman–Crippen MR) is 155 cm³/mol. The van der Waals surface area contributed by atoms with Crippen LogP contribution in [0.1, 0.15) is 16.7 Å². The smallest absolute Gasteiger partial charge is 0.105 e. The summed E-state index contributed by atoms with van der Waals surface area (Å²) in [4.78, 5) is 0. The zero-order chi connectivity index (χ0) is 25.4. The second-order valence-corrected chi connectivity index (χ2v) is 10.6. The molecule has 2 nitrogen and oxygen atoms in total. The van der Waals surface area contributed by atoms with Crippen LogP contribution in [0.15, 0.2) is 115 Å². The number of quaternary nitrogens is 1. The van der Waals surface area contributed by atoms with Crippen LogP contribution < -0.4 is 17.0 Å². The van der Waals surface area contributed by atoms with Gasteiger partial charge in [-0.1, -0.05) is 84.9 Å². The van der Waals surface area contributed by atoms with Gasteiger partial charge < -0.3 is 21.5 Å². The summed E-state index contributed by atoms with van der Waals surface area (Å²) in [7, 11) is 4.56. The van der Waals surface area contributed by atoms with Gasteiger partial charge in [0.25, 0.3) is 0 Å². The maximum Gasteiger partial charge on any atom is 0.105 e. The van der Waals surface area contributed by atoms with E-state index >= 15 is 0 Å². The molecule has 3 heteroatoms. The highest BCUT2D eigenvalue weighted by Crippen LogP contribution is 2.40. The minimum absolute atomic E-state index is 0. The van der Waals surface area contributed by atoms with E-state index in [1.165, 1.54) is 54.6 Å². The Morgan fingerprint density at radius 3 is 1.95 bits per heavy atom. The molecular weight excluding hydrogens is 528 g/mol. The number of halogens is 1. The molecule has 6 rings (SSSR count). The number of fused-ring (bicyclic) bond motifs is 3. The van der Waals surface area contributed by atoms with E-state index in [1.54, 1.807) is 0 Å². The van der Waals surface area contributed by atoms with Crippen LogP contribution in [-0.4, -0.2) is 18.6 Å². The molecular formula is C35H29BrN2. The Labute approximate surface area is 234 Å². The molecule has 0 atom stereocenters. The number of benzene rings is 6. The van der Waals surface area contributed by atoms with Crippen molar-refractivity contribution in [1.29, 1.82) is 5.26 Å². The van der Waals surface area contributed by atoms with Gasteiger partial charge in [0.1, 0.15) is 13.1 Å². The molecule has 6 aromatic carbocycles. The fourth-order valence-corrected chi connectivity index (χ4v) is 5.65. The van der Waals surface area contributed by atoms with Crippen LogP contribution in [0, 0.1) is 11.3 Å². The van der Waals surface area contributed by atoms with E-state index in [0.29, 0.717) is 5.56 Å². The van der Waals surface area contributed by atoms with Crippen molar-refractivity contribution in [3.8, 4) is 17.2 Å². The first-order valence-corrected chi connectivity index (χ1v) is 12.7. The molecule has 0 aliphatic heterocycles. The third-order valence-corrected chi connectivity index (χ3v) is 7.31. The molecule has 0 heterocycles. The number of nitriles is 1. The summed E-state index contributed by atoms with van der Waals surface area (Å²) in [5.74, 6) is 0. The summed E-state index contributed by atoms with van der Waals surface area (Å²) < 4.78 is 0.814. The van der Waals surface area contributed by atoms with E-state index in [0.717, 1.165) is 17.6 Å². The topological polar surface area (TPSA) is 23.8 Å². The van der Waals surface area contributed by atoms with Crippen LogP contribution in [-0.2, 0) is 13.1 Å². The summed E-state index contributed by atoms with van der Waals surface area (Å²) in [5, 5.41) is 16.8. The van der Waals surface area contributed by atoms with Gasteiger partial charge in [-0.3, -0.25) is 0 Å². The normalized spacial score (nSPS) is 11.4. The molecule has 0 bridgehead atoms. The van der Waals surface area contributed by atoms with Gasteiger partial charge in [-0.15, -0.1) is 0 Å².